The van der Waals surface area contributed by atoms with Gasteiger partial charge in [0.05, 0.1) is 30.0 Å². The molecular formula is C14H20N4O4. The van der Waals surface area contributed by atoms with E-state index in [1.54, 1.807) is 30.7 Å². The number of benzene rings is 1. The molecule has 22 heavy (non-hydrogen) atoms. The number of fused-ring (bicyclic) bond motifs is 1. The Morgan fingerprint density at radius 1 is 1.27 bits per heavy atom. The van der Waals surface area contributed by atoms with Crippen LogP contribution in [-0.2, 0) is 6.67 Å². The lowest BCUT2D eigenvalue weighted by atomic mass is 10.2. The van der Waals surface area contributed by atoms with Gasteiger partial charge < -0.3 is 15.3 Å². The molecule has 8 heteroatoms. The molecule has 0 amide bonds. The zero-order chi connectivity index (χ0) is 16.3. The van der Waals surface area contributed by atoms with Gasteiger partial charge in [0.15, 0.2) is 0 Å². The Bertz CT molecular complexity index is 643. The molecule has 0 fully saturated rings. The highest BCUT2D eigenvalue weighted by atomic mass is 16.4. The summed E-state index contributed by atoms with van der Waals surface area (Å²) in [6.07, 6.45) is -1.11. The van der Waals surface area contributed by atoms with E-state index in [4.69, 9.17) is 5.11 Å². The lowest BCUT2D eigenvalue weighted by Gasteiger charge is -2.24. The van der Waals surface area contributed by atoms with Crippen molar-refractivity contribution in [3.8, 4) is 0 Å². The summed E-state index contributed by atoms with van der Waals surface area (Å²) in [5.41, 5.74) is 1.02. The van der Waals surface area contributed by atoms with E-state index in [1.165, 1.54) is 6.07 Å². The van der Waals surface area contributed by atoms with E-state index in [2.05, 4.69) is 10.3 Å². The SMILES string of the molecule is CC(O)CN(CC(C)O)Cn1nnc2c(C(=O)O)cccc21. The van der Waals surface area contributed by atoms with Crippen LogP contribution in [0, 0.1) is 0 Å². The maximum absolute atomic E-state index is 11.2. The van der Waals surface area contributed by atoms with Crippen molar-refractivity contribution in [2.75, 3.05) is 13.1 Å². The molecule has 0 aliphatic rings. The van der Waals surface area contributed by atoms with Crippen LogP contribution in [0.25, 0.3) is 11.0 Å². The Hall–Kier alpha value is -2.03. The lowest BCUT2D eigenvalue weighted by Crippen LogP contribution is -2.37. The number of nitrogens with zero attached hydrogens (tertiary/aromatic N) is 4. The third-order valence-electron chi connectivity index (χ3n) is 3.15. The van der Waals surface area contributed by atoms with Gasteiger partial charge in [-0.05, 0) is 26.0 Å². The van der Waals surface area contributed by atoms with Crippen LogP contribution in [0.1, 0.15) is 24.2 Å². The molecule has 3 N–H and O–H groups in total. The number of aromatic nitrogens is 3. The maximum atomic E-state index is 11.2. The number of carboxylic acids is 1. The van der Waals surface area contributed by atoms with Crippen molar-refractivity contribution in [3.63, 3.8) is 0 Å². The van der Waals surface area contributed by atoms with E-state index >= 15 is 0 Å². The van der Waals surface area contributed by atoms with Gasteiger partial charge in [-0.2, -0.15) is 0 Å². The first-order valence-electron chi connectivity index (χ1n) is 7.02. The van der Waals surface area contributed by atoms with Gasteiger partial charge in [0.1, 0.15) is 5.52 Å². The minimum Gasteiger partial charge on any atom is -0.478 e. The molecule has 0 saturated heterocycles. The molecule has 0 aliphatic heterocycles. The van der Waals surface area contributed by atoms with Crippen LogP contribution in [0.15, 0.2) is 18.2 Å². The molecule has 120 valence electrons. The smallest absolute Gasteiger partial charge is 0.338 e. The van der Waals surface area contributed by atoms with Gasteiger partial charge in [0.25, 0.3) is 0 Å². The topological polar surface area (TPSA) is 112 Å². The third-order valence-corrected chi connectivity index (χ3v) is 3.15. The molecule has 2 rings (SSSR count). The number of aromatic carboxylic acids is 1. The highest BCUT2D eigenvalue weighted by Gasteiger charge is 2.17. The predicted octanol–water partition coefficient (Wildman–Crippen LogP) is 0.151. The van der Waals surface area contributed by atoms with E-state index in [1.807, 2.05) is 4.90 Å². The number of aliphatic hydroxyl groups excluding tert-OH is 2. The number of aliphatic hydroxyl groups is 2. The van der Waals surface area contributed by atoms with E-state index in [0.29, 0.717) is 30.8 Å². The number of hydrogen-bond acceptors (Lipinski definition) is 6. The summed E-state index contributed by atoms with van der Waals surface area (Å²) in [5.74, 6) is -1.05. The normalized spacial score (nSPS) is 14.4. The second-order valence-corrected chi connectivity index (χ2v) is 5.44. The first-order chi connectivity index (χ1) is 10.4. The van der Waals surface area contributed by atoms with Crippen molar-refractivity contribution in [3.05, 3.63) is 23.8 Å². The standard InChI is InChI=1S/C14H20N4O4/c1-9(19)6-17(7-10(2)20)8-18-12-5-3-4-11(14(21)22)13(12)15-16-18/h3-5,9-10,19-20H,6-8H2,1-2H3,(H,21,22). The van der Waals surface area contributed by atoms with Crippen LogP contribution in [0.4, 0.5) is 0 Å². The van der Waals surface area contributed by atoms with Crippen molar-refractivity contribution in [1.82, 2.24) is 19.9 Å². The van der Waals surface area contributed by atoms with Crippen LogP contribution in [0.2, 0.25) is 0 Å². The van der Waals surface area contributed by atoms with Crippen LogP contribution >= 0.6 is 0 Å². The fraction of sp³-hybridized carbons (Fsp3) is 0.500. The average Bonchev–Trinajstić information content (AvgIpc) is 2.80. The second kappa shape index (κ2) is 6.82. The van der Waals surface area contributed by atoms with E-state index in [-0.39, 0.29) is 5.56 Å². The van der Waals surface area contributed by atoms with Crippen molar-refractivity contribution in [2.24, 2.45) is 0 Å². The van der Waals surface area contributed by atoms with Crippen LogP contribution in [0.3, 0.4) is 0 Å². The lowest BCUT2D eigenvalue weighted by molar-refractivity contribution is 0.0632. The van der Waals surface area contributed by atoms with Crippen LogP contribution in [0.5, 0.6) is 0 Å². The zero-order valence-electron chi connectivity index (χ0n) is 12.5. The molecule has 0 radical (unpaired) electrons. The largest absolute Gasteiger partial charge is 0.478 e. The van der Waals surface area contributed by atoms with Crippen LogP contribution < -0.4 is 0 Å². The quantitative estimate of drug-likeness (QED) is 0.667. The summed E-state index contributed by atoms with van der Waals surface area (Å²) >= 11 is 0. The summed E-state index contributed by atoms with van der Waals surface area (Å²) < 4.78 is 1.56. The van der Waals surface area contributed by atoms with Gasteiger partial charge in [-0.3, -0.25) is 4.90 Å². The van der Waals surface area contributed by atoms with Gasteiger partial charge in [0.2, 0.25) is 0 Å². The zero-order valence-corrected chi connectivity index (χ0v) is 12.5. The van der Waals surface area contributed by atoms with Gasteiger partial charge in [0, 0.05) is 13.1 Å². The first-order valence-corrected chi connectivity index (χ1v) is 7.02. The monoisotopic (exact) mass is 308 g/mol. The Kier molecular flexibility index (Phi) is 5.07. The Morgan fingerprint density at radius 2 is 1.91 bits per heavy atom. The average molecular weight is 308 g/mol. The number of rotatable bonds is 7. The molecule has 0 aliphatic carbocycles. The summed E-state index contributed by atoms with van der Waals surface area (Å²) in [6.45, 7) is 4.36. The Morgan fingerprint density at radius 3 is 2.45 bits per heavy atom. The molecule has 0 spiro atoms. The Labute approximate surface area is 127 Å². The Balaban J connectivity index is 2.29. The minimum atomic E-state index is -1.05. The predicted molar refractivity (Wildman–Crippen MR) is 79.4 cm³/mol. The van der Waals surface area contributed by atoms with Crippen LogP contribution in [-0.4, -0.2) is 66.5 Å². The van der Waals surface area contributed by atoms with Gasteiger partial charge in [-0.1, -0.05) is 11.3 Å². The molecule has 2 unspecified atom stereocenters. The fourth-order valence-corrected chi connectivity index (χ4v) is 2.40. The number of carboxylic acid groups (broad SMARTS) is 1. The highest BCUT2D eigenvalue weighted by molar-refractivity contribution is 6.00. The molecule has 0 saturated carbocycles. The first kappa shape index (κ1) is 16.3. The van der Waals surface area contributed by atoms with Crippen molar-refractivity contribution in [2.45, 2.75) is 32.7 Å². The highest BCUT2D eigenvalue weighted by Crippen LogP contribution is 2.16. The molecule has 2 atom stereocenters. The molecule has 8 nitrogen and oxygen atoms in total. The number of hydrogen-bond donors (Lipinski definition) is 3. The summed E-state index contributed by atoms with van der Waals surface area (Å²) in [5, 5.41) is 36.2. The molecular weight excluding hydrogens is 288 g/mol. The maximum Gasteiger partial charge on any atom is 0.338 e. The summed E-state index contributed by atoms with van der Waals surface area (Å²) in [7, 11) is 0. The summed E-state index contributed by atoms with van der Waals surface area (Å²) in [6, 6.07) is 4.86. The molecule has 1 aromatic heterocycles. The van der Waals surface area contributed by atoms with Gasteiger partial charge >= 0.3 is 5.97 Å². The van der Waals surface area contributed by atoms with Crippen molar-refractivity contribution < 1.29 is 20.1 Å². The minimum absolute atomic E-state index is 0.0985. The van der Waals surface area contributed by atoms with Crippen molar-refractivity contribution in [1.29, 1.82) is 0 Å². The van der Waals surface area contributed by atoms with E-state index in [9.17, 15) is 15.0 Å². The molecule has 0 bridgehead atoms. The third kappa shape index (κ3) is 3.79. The fourth-order valence-electron chi connectivity index (χ4n) is 2.40. The van der Waals surface area contributed by atoms with E-state index < -0.39 is 18.2 Å². The van der Waals surface area contributed by atoms with Crippen molar-refractivity contribution >= 4 is 17.0 Å². The molecule has 1 heterocycles. The van der Waals surface area contributed by atoms with Gasteiger partial charge in [-0.15, -0.1) is 5.10 Å². The van der Waals surface area contributed by atoms with Gasteiger partial charge in [-0.25, -0.2) is 9.48 Å². The second-order valence-electron chi connectivity index (χ2n) is 5.44. The summed E-state index contributed by atoms with van der Waals surface area (Å²) in [4.78, 5) is 13.0. The molecule has 2 aromatic rings. The van der Waals surface area contributed by atoms with E-state index in [0.717, 1.165) is 0 Å². The molecule has 1 aromatic carbocycles. The number of carbonyl (C=O) groups is 1.